The van der Waals surface area contributed by atoms with E-state index in [0.29, 0.717) is 16.8 Å². The van der Waals surface area contributed by atoms with E-state index in [1.54, 1.807) is 24.3 Å². The summed E-state index contributed by atoms with van der Waals surface area (Å²) in [4.78, 5) is 39.4. The van der Waals surface area contributed by atoms with Crippen molar-refractivity contribution in [1.82, 2.24) is 4.90 Å². The summed E-state index contributed by atoms with van der Waals surface area (Å²) >= 11 is 11.7. The molecular formula is C19H14Cl2F3N3O3. The van der Waals surface area contributed by atoms with Crippen LogP contribution in [0.1, 0.15) is 12.5 Å². The van der Waals surface area contributed by atoms with Gasteiger partial charge in [0.2, 0.25) is 5.91 Å². The molecule has 1 atom stereocenters. The van der Waals surface area contributed by atoms with Crippen LogP contribution in [0.3, 0.4) is 0 Å². The van der Waals surface area contributed by atoms with Gasteiger partial charge in [-0.25, -0.2) is 4.79 Å². The maximum Gasteiger partial charge on any atom is 0.416 e. The Kier molecular flexibility index (Phi) is 5.96. The van der Waals surface area contributed by atoms with Gasteiger partial charge < -0.3 is 5.32 Å². The van der Waals surface area contributed by atoms with Crippen molar-refractivity contribution in [1.29, 1.82) is 0 Å². The third kappa shape index (κ3) is 4.36. The second kappa shape index (κ2) is 8.16. The molecule has 1 unspecified atom stereocenters. The third-order valence-electron chi connectivity index (χ3n) is 4.42. The topological polar surface area (TPSA) is 69.7 Å². The first kappa shape index (κ1) is 21.9. The van der Waals surface area contributed by atoms with Gasteiger partial charge in [-0.1, -0.05) is 23.2 Å². The minimum atomic E-state index is -4.63. The van der Waals surface area contributed by atoms with Crippen LogP contribution in [-0.4, -0.2) is 35.3 Å². The molecule has 1 aliphatic rings. The van der Waals surface area contributed by atoms with Gasteiger partial charge in [-0.3, -0.25) is 19.4 Å². The molecule has 2 aromatic rings. The number of hydrogen-bond acceptors (Lipinski definition) is 3. The number of anilines is 2. The zero-order valence-corrected chi connectivity index (χ0v) is 16.8. The average molecular weight is 460 g/mol. The van der Waals surface area contributed by atoms with E-state index in [-0.39, 0.29) is 10.7 Å². The van der Waals surface area contributed by atoms with E-state index >= 15 is 0 Å². The smallest absolute Gasteiger partial charge is 0.323 e. The molecule has 0 aliphatic carbocycles. The summed E-state index contributed by atoms with van der Waals surface area (Å²) in [5.74, 6) is -1.50. The van der Waals surface area contributed by atoms with E-state index in [1.165, 1.54) is 11.8 Å². The van der Waals surface area contributed by atoms with Crippen molar-refractivity contribution in [3.63, 3.8) is 0 Å². The van der Waals surface area contributed by atoms with Gasteiger partial charge in [0.25, 0.3) is 5.91 Å². The minimum absolute atomic E-state index is 0.119. The Morgan fingerprint density at radius 1 is 1.10 bits per heavy atom. The van der Waals surface area contributed by atoms with Gasteiger partial charge in [0, 0.05) is 10.7 Å². The van der Waals surface area contributed by atoms with Crippen molar-refractivity contribution < 1.29 is 27.6 Å². The maximum absolute atomic E-state index is 12.9. The summed E-state index contributed by atoms with van der Waals surface area (Å²) in [7, 11) is 0. The summed E-state index contributed by atoms with van der Waals surface area (Å²) in [6.07, 6.45) is -4.63. The van der Waals surface area contributed by atoms with Gasteiger partial charge in [0.15, 0.2) is 0 Å². The monoisotopic (exact) mass is 459 g/mol. The molecule has 1 fully saturated rings. The Labute approximate surface area is 179 Å². The van der Waals surface area contributed by atoms with Gasteiger partial charge in [0.1, 0.15) is 12.6 Å². The predicted molar refractivity (Wildman–Crippen MR) is 106 cm³/mol. The Morgan fingerprint density at radius 3 is 2.33 bits per heavy atom. The van der Waals surface area contributed by atoms with Crippen LogP contribution in [0.4, 0.5) is 29.3 Å². The van der Waals surface area contributed by atoms with E-state index in [9.17, 15) is 27.6 Å². The maximum atomic E-state index is 12.9. The number of rotatable bonds is 4. The molecule has 30 heavy (non-hydrogen) atoms. The number of hydrogen-bond donors (Lipinski definition) is 1. The highest BCUT2D eigenvalue weighted by molar-refractivity contribution is 6.33. The molecule has 2 aromatic carbocycles. The molecule has 3 rings (SSSR count). The molecule has 1 aliphatic heterocycles. The summed E-state index contributed by atoms with van der Waals surface area (Å²) < 4.78 is 38.6. The van der Waals surface area contributed by atoms with Gasteiger partial charge in [-0.05, 0) is 49.4 Å². The predicted octanol–water partition coefficient (Wildman–Crippen LogP) is 4.81. The SMILES string of the molecule is CC1C(=O)N(CC(=O)Nc2cc(C(F)(F)F)ccc2Cl)C(=O)N1c1ccc(Cl)cc1. The highest BCUT2D eigenvalue weighted by Gasteiger charge is 2.44. The number of urea groups is 1. The van der Waals surface area contributed by atoms with Crippen molar-refractivity contribution in [3.05, 3.63) is 58.1 Å². The number of nitrogens with one attached hydrogen (secondary N) is 1. The zero-order chi connectivity index (χ0) is 22.2. The first-order chi connectivity index (χ1) is 14.0. The quantitative estimate of drug-likeness (QED) is 0.667. The molecule has 4 amide bonds. The number of imide groups is 1. The normalized spacial score (nSPS) is 16.9. The number of benzene rings is 2. The van der Waals surface area contributed by atoms with E-state index < -0.39 is 42.2 Å². The largest absolute Gasteiger partial charge is 0.416 e. The van der Waals surface area contributed by atoms with Crippen molar-refractivity contribution >= 4 is 52.4 Å². The van der Waals surface area contributed by atoms with Crippen LogP contribution < -0.4 is 10.2 Å². The molecule has 0 spiro atoms. The standard InChI is InChI=1S/C19H14Cl2F3N3O3/c1-10-17(29)26(18(30)27(10)13-5-3-12(20)4-6-13)9-16(28)25-15-8-11(19(22,23)24)2-7-14(15)21/h2-8,10H,9H2,1H3,(H,25,28). The van der Waals surface area contributed by atoms with Crippen molar-refractivity contribution in [2.75, 3.05) is 16.8 Å². The zero-order valence-electron chi connectivity index (χ0n) is 15.3. The highest BCUT2D eigenvalue weighted by Crippen LogP contribution is 2.34. The lowest BCUT2D eigenvalue weighted by atomic mass is 10.2. The fraction of sp³-hybridized carbons (Fsp3) is 0.211. The Morgan fingerprint density at radius 2 is 1.73 bits per heavy atom. The number of halogens is 5. The molecule has 158 valence electrons. The first-order valence-electron chi connectivity index (χ1n) is 8.56. The van der Waals surface area contributed by atoms with Crippen LogP contribution in [0.25, 0.3) is 0 Å². The van der Waals surface area contributed by atoms with Crippen LogP contribution in [0.15, 0.2) is 42.5 Å². The van der Waals surface area contributed by atoms with Crippen LogP contribution in [0, 0.1) is 0 Å². The second-order valence-electron chi connectivity index (χ2n) is 6.47. The molecule has 1 heterocycles. The van der Waals surface area contributed by atoms with Gasteiger partial charge in [0.05, 0.1) is 16.3 Å². The molecule has 0 saturated carbocycles. The molecule has 0 radical (unpaired) electrons. The van der Waals surface area contributed by atoms with Gasteiger partial charge >= 0.3 is 12.2 Å². The Bertz CT molecular complexity index is 1010. The molecule has 0 aromatic heterocycles. The number of alkyl halides is 3. The molecule has 1 saturated heterocycles. The van der Waals surface area contributed by atoms with E-state index in [4.69, 9.17) is 23.2 Å². The van der Waals surface area contributed by atoms with Crippen LogP contribution in [0.2, 0.25) is 10.0 Å². The fourth-order valence-corrected chi connectivity index (χ4v) is 3.23. The minimum Gasteiger partial charge on any atom is -0.323 e. The summed E-state index contributed by atoms with van der Waals surface area (Å²) in [5.41, 5.74) is -0.870. The summed E-state index contributed by atoms with van der Waals surface area (Å²) in [6, 6.07) is 7.04. The molecular weight excluding hydrogens is 446 g/mol. The molecule has 6 nitrogen and oxygen atoms in total. The van der Waals surface area contributed by atoms with Crippen molar-refractivity contribution in [3.8, 4) is 0 Å². The highest BCUT2D eigenvalue weighted by atomic mass is 35.5. The van der Waals surface area contributed by atoms with E-state index in [1.807, 2.05) is 0 Å². The average Bonchev–Trinajstić information content (AvgIpc) is 2.87. The van der Waals surface area contributed by atoms with E-state index in [0.717, 1.165) is 17.0 Å². The molecule has 1 N–H and O–H groups in total. The Hall–Kier alpha value is -2.78. The van der Waals surface area contributed by atoms with Crippen LogP contribution in [-0.2, 0) is 15.8 Å². The molecule has 0 bridgehead atoms. The first-order valence-corrected chi connectivity index (χ1v) is 9.31. The fourth-order valence-electron chi connectivity index (χ4n) is 2.94. The lowest BCUT2D eigenvalue weighted by Crippen LogP contribution is -2.39. The van der Waals surface area contributed by atoms with E-state index in [2.05, 4.69) is 5.32 Å². The number of nitrogens with zero attached hydrogens (tertiary/aromatic N) is 2. The second-order valence-corrected chi connectivity index (χ2v) is 7.31. The third-order valence-corrected chi connectivity index (χ3v) is 5.00. The Balaban J connectivity index is 1.76. The van der Waals surface area contributed by atoms with Gasteiger partial charge in [-0.15, -0.1) is 0 Å². The number of carbonyl (C=O) groups excluding carboxylic acids is 3. The van der Waals surface area contributed by atoms with Crippen molar-refractivity contribution in [2.24, 2.45) is 0 Å². The van der Waals surface area contributed by atoms with Gasteiger partial charge in [-0.2, -0.15) is 13.2 Å². The lowest BCUT2D eigenvalue weighted by molar-refractivity contribution is -0.137. The number of amides is 4. The summed E-state index contributed by atoms with van der Waals surface area (Å²) in [5, 5.41) is 2.54. The molecule has 11 heteroatoms. The van der Waals surface area contributed by atoms with Crippen LogP contribution in [0.5, 0.6) is 0 Å². The van der Waals surface area contributed by atoms with Crippen LogP contribution >= 0.6 is 23.2 Å². The number of carbonyl (C=O) groups is 3. The lowest BCUT2D eigenvalue weighted by Gasteiger charge is -2.19. The van der Waals surface area contributed by atoms with Crippen molar-refractivity contribution in [2.45, 2.75) is 19.1 Å². The summed E-state index contributed by atoms with van der Waals surface area (Å²) in [6.45, 7) is 0.815.